The van der Waals surface area contributed by atoms with Gasteiger partial charge in [0.25, 0.3) is 0 Å². The third kappa shape index (κ3) is 4.00. The lowest BCUT2D eigenvalue weighted by Crippen LogP contribution is -2.03. The van der Waals surface area contributed by atoms with Gasteiger partial charge in [0.1, 0.15) is 0 Å². The second kappa shape index (κ2) is 5.26. The van der Waals surface area contributed by atoms with E-state index in [0.717, 1.165) is 17.1 Å². The molecule has 15 heavy (non-hydrogen) atoms. The predicted octanol–water partition coefficient (Wildman–Crippen LogP) is 2.92. The average molecular weight is 227 g/mol. The van der Waals surface area contributed by atoms with E-state index < -0.39 is 5.97 Å². The number of rotatable bonds is 5. The van der Waals surface area contributed by atoms with Gasteiger partial charge in [0, 0.05) is 17.7 Å². The molecule has 0 bridgehead atoms. The van der Waals surface area contributed by atoms with E-state index in [1.54, 1.807) is 11.3 Å². The minimum absolute atomic E-state index is 0.0136. The third-order valence-corrected chi connectivity index (χ3v) is 3.03. The second-order valence-corrected chi connectivity index (χ2v) is 5.21. The van der Waals surface area contributed by atoms with Crippen LogP contribution in [0.3, 0.4) is 0 Å². The van der Waals surface area contributed by atoms with Gasteiger partial charge < -0.3 is 5.11 Å². The van der Waals surface area contributed by atoms with Crippen molar-refractivity contribution in [2.24, 2.45) is 5.92 Å². The van der Waals surface area contributed by atoms with Crippen LogP contribution in [-0.4, -0.2) is 16.1 Å². The van der Waals surface area contributed by atoms with Crippen molar-refractivity contribution in [2.45, 2.75) is 39.5 Å². The molecule has 0 fully saturated rings. The number of carboxylic acids is 1. The molecule has 1 N–H and O–H groups in total. The Morgan fingerprint density at radius 2 is 2.20 bits per heavy atom. The van der Waals surface area contributed by atoms with Gasteiger partial charge in [-0.3, -0.25) is 4.79 Å². The zero-order chi connectivity index (χ0) is 11.4. The molecule has 0 aliphatic carbocycles. The summed E-state index contributed by atoms with van der Waals surface area (Å²) >= 11 is 1.63. The molecule has 1 rings (SSSR count). The van der Waals surface area contributed by atoms with Crippen LogP contribution in [0.4, 0.5) is 0 Å². The van der Waals surface area contributed by atoms with Gasteiger partial charge in [0.15, 0.2) is 0 Å². The van der Waals surface area contributed by atoms with E-state index in [4.69, 9.17) is 5.11 Å². The molecule has 1 aromatic rings. The molecule has 3 nitrogen and oxygen atoms in total. The van der Waals surface area contributed by atoms with Crippen molar-refractivity contribution in [3.63, 3.8) is 0 Å². The van der Waals surface area contributed by atoms with E-state index in [1.165, 1.54) is 0 Å². The molecule has 0 amide bonds. The van der Waals surface area contributed by atoms with Gasteiger partial charge in [-0.25, -0.2) is 4.98 Å². The third-order valence-electron chi connectivity index (χ3n) is 2.14. The van der Waals surface area contributed by atoms with Crippen LogP contribution in [0.25, 0.3) is 0 Å². The number of hydrogen-bond acceptors (Lipinski definition) is 3. The first kappa shape index (κ1) is 12.2. The van der Waals surface area contributed by atoms with E-state index >= 15 is 0 Å². The van der Waals surface area contributed by atoms with Crippen molar-refractivity contribution < 1.29 is 9.90 Å². The molecule has 0 spiro atoms. The number of nitrogens with zero attached hydrogens (tertiary/aromatic N) is 1. The molecular weight excluding hydrogens is 210 g/mol. The maximum absolute atomic E-state index is 10.5. The van der Waals surface area contributed by atoms with Crippen molar-refractivity contribution in [1.82, 2.24) is 4.98 Å². The van der Waals surface area contributed by atoms with Crippen molar-refractivity contribution >= 4 is 17.3 Å². The topological polar surface area (TPSA) is 50.2 Å². The van der Waals surface area contributed by atoms with Gasteiger partial charge in [-0.15, -0.1) is 11.3 Å². The van der Waals surface area contributed by atoms with E-state index in [0.29, 0.717) is 5.92 Å². The highest BCUT2D eigenvalue weighted by Gasteiger charge is 2.13. The molecule has 0 saturated heterocycles. The molecule has 1 heterocycles. The van der Waals surface area contributed by atoms with Gasteiger partial charge in [-0.1, -0.05) is 20.8 Å². The fraction of sp³-hybridized carbons (Fsp3) is 0.636. The highest BCUT2D eigenvalue weighted by Crippen LogP contribution is 2.22. The molecule has 0 aromatic carbocycles. The van der Waals surface area contributed by atoms with Crippen molar-refractivity contribution in [3.8, 4) is 0 Å². The molecule has 0 saturated carbocycles. The van der Waals surface area contributed by atoms with E-state index in [9.17, 15) is 4.79 Å². The van der Waals surface area contributed by atoms with Crippen molar-refractivity contribution in [3.05, 3.63) is 16.1 Å². The highest BCUT2D eigenvalue weighted by molar-refractivity contribution is 7.09. The normalized spacial score (nSPS) is 13.1. The van der Waals surface area contributed by atoms with E-state index in [-0.39, 0.29) is 12.3 Å². The quantitative estimate of drug-likeness (QED) is 0.841. The molecule has 0 aliphatic rings. The summed E-state index contributed by atoms with van der Waals surface area (Å²) in [6.07, 6.45) is 1.13. The van der Waals surface area contributed by atoms with Gasteiger partial charge in [-0.2, -0.15) is 0 Å². The maximum Gasteiger partial charge on any atom is 0.304 e. The Kier molecular flexibility index (Phi) is 4.27. The SMILES string of the molecule is CC(C)Cc1nc(C(C)CC(=O)O)cs1. The zero-order valence-electron chi connectivity index (χ0n) is 9.36. The van der Waals surface area contributed by atoms with Crippen molar-refractivity contribution in [1.29, 1.82) is 0 Å². The average Bonchev–Trinajstić information content (AvgIpc) is 2.50. The number of aromatic nitrogens is 1. The Labute approximate surface area is 94.2 Å². The van der Waals surface area contributed by atoms with Crippen LogP contribution in [-0.2, 0) is 11.2 Å². The number of carbonyl (C=O) groups is 1. The summed E-state index contributed by atoms with van der Waals surface area (Å²) in [6.45, 7) is 6.21. The molecular formula is C11H17NO2S. The fourth-order valence-corrected chi connectivity index (χ4v) is 2.49. The van der Waals surface area contributed by atoms with Gasteiger partial charge in [-0.05, 0) is 5.92 Å². The molecule has 1 atom stereocenters. The number of carboxylic acid groups (broad SMARTS) is 1. The minimum Gasteiger partial charge on any atom is -0.481 e. The largest absolute Gasteiger partial charge is 0.481 e. The molecule has 0 radical (unpaired) electrons. The Morgan fingerprint density at radius 3 is 2.73 bits per heavy atom. The lowest BCUT2D eigenvalue weighted by Gasteiger charge is -2.04. The Hall–Kier alpha value is -0.900. The van der Waals surface area contributed by atoms with Crippen LogP contribution >= 0.6 is 11.3 Å². The summed E-state index contributed by atoms with van der Waals surface area (Å²) in [5.41, 5.74) is 0.915. The minimum atomic E-state index is -0.763. The Bertz CT molecular complexity index is 333. The molecule has 84 valence electrons. The van der Waals surface area contributed by atoms with Crippen LogP contribution < -0.4 is 0 Å². The molecule has 4 heteroatoms. The predicted molar refractivity (Wildman–Crippen MR) is 61.3 cm³/mol. The van der Waals surface area contributed by atoms with Crippen LogP contribution in [0.2, 0.25) is 0 Å². The number of aliphatic carboxylic acids is 1. The van der Waals surface area contributed by atoms with Crippen LogP contribution in [0.5, 0.6) is 0 Å². The lowest BCUT2D eigenvalue weighted by atomic mass is 10.1. The maximum atomic E-state index is 10.5. The van der Waals surface area contributed by atoms with Gasteiger partial charge in [0.2, 0.25) is 0 Å². The molecule has 1 aromatic heterocycles. The molecule has 0 aliphatic heterocycles. The summed E-state index contributed by atoms with van der Waals surface area (Å²) in [6, 6.07) is 0. The lowest BCUT2D eigenvalue weighted by molar-refractivity contribution is -0.137. The first-order valence-corrected chi connectivity index (χ1v) is 6.03. The smallest absolute Gasteiger partial charge is 0.304 e. The summed E-state index contributed by atoms with van der Waals surface area (Å²) in [7, 11) is 0. The molecule has 1 unspecified atom stereocenters. The van der Waals surface area contributed by atoms with E-state index in [1.807, 2.05) is 12.3 Å². The van der Waals surface area contributed by atoms with Crippen LogP contribution in [0.15, 0.2) is 5.38 Å². The first-order chi connectivity index (χ1) is 6.99. The standard InChI is InChI=1S/C11H17NO2S/c1-7(2)4-10-12-9(6-15-10)8(3)5-11(13)14/h6-8H,4-5H2,1-3H3,(H,13,14). The highest BCUT2D eigenvalue weighted by atomic mass is 32.1. The summed E-state index contributed by atoms with van der Waals surface area (Å²) in [5, 5.41) is 11.8. The Balaban J connectivity index is 2.62. The number of hydrogen-bond donors (Lipinski definition) is 1. The summed E-state index contributed by atoms with van der Waals surface area (Å²) < 4.78 is 0. The van der Waals surface area contributed by atoms with Crippen LogP contribution in [0, 0.1) is 5.92 Å². The summed E-state index contributed by atoms with van der Waals surface area (Å²) in [5.74, 6) is -0.153. The second-order valence-electron chi connectivity index (χ2n) is 4.26. The first-order valence-electron chi connectivity index (χ1n) is 5.15. The summed E-state index contributed by atoms with van der Waals surface area (Å²) in [4.78, 5) is 15.0. The van der Waals surface area contributed by atoms with Gasteiger partial charge >= 0.3 is 5.97 Å². The number of thiazole rings is 1. The van der Waals surface area contributed by atoms with Gasteiger partial charge in [0.05, 0.1) is 17.1 Å². The van der Waals surface area contributed by atoms with Crippen LogP contribution in [0.1, 0.15) is 43.8 Å². The van der Waals surface area contributed by atoms with Crippen molar-refractivity contribution in [2.75, 3.05) is 0 Å². The monoisotopic (exact) mass is 227 g/mol. The van der Waals surface area contributed by atoms with E-state index in [2.05, 4.69) is 18.8 Å². The fourth-order valence-electron chi connectivity index (χ4n) is 1.36. The Morgan fingerprint density at radius 1 is 1.53 bits per heavy atom. The zero-order valence-corrected chi connectivity index (χ0v) is 10.2.